The molecule has 0 aliphatic carbocycles. The number of amides is 1. The van der Waals surface area contributed by atoms with Crippen LogP contribution in [0.3, 0.4) is 0 Å². The zero-order valence-electron chi connectivity index (χ0n) is 19.5. The molecule has 1 N–H and O–H groups in total. The molecule has 5 rings (SSSR count). The van der Waals surface area contributed by atoms with Gasteiger partial charge in [-0.15, -0.1) is 23.1 Å². The number of hydrogen-bond donors (Lipinski definition) is 1. The van der Waals surface area contributed by atoms with E-state index >= 15 is 0 Å². The first-order valence-corrected chi connectivity index (χ1v) is 13.0. The molecule has 178 valence electrons. The fourth-order valence-corrected chi connectivity index (χ4v) is 6.08. The quantitative estimate of drug-likeness (QED) is 0.446. The Hall–Kier alpha value is -2.99. The largest absolute Gasteiger partial charge is 0.353 e. The number of aromatic nitrogens is 6. The number of carbonyl (C=O) groups excluding carboxylic acids is 1. The number of nitrogens with one attached hydrogen (secondary N) is 1. The summed E-state index contributed by atoms with van der Waals surface area (Å²) < 4.78 is 1.74. The van der Waals surface area contributed by atoms with E-state index in [0.717, 1.165) is 26.8 Å². The van der Waals surface area contributed by atoms with Gasteiger partial charge in [0.25, 0.3) is 11.3 Å². The van der Waals surface area contributed by atoms with Gasteiger partial charge in [-0.2, -0.15) is 14.6 Å². The number of anilines is 1. The molecule has 0 bridgehead atoms. The summed E-state index contributed by atoms with van der Waals surface area (Å²) in [7, 11) is 0. The van der Waals surface area contributed by atoms with Gasteiger partial charge in [-0.25, -0.2) is 9.97 Å². The summed E-state index contributed by atoms with van der Waals surface area (Å²) in [6.07, 6.45) is 1.50. The second-order valence-corrected chi connectivity index (χ2v) is 11.0. The van der Waals surface area contributed by atoms with Crippen LogP contribution in [0.25, 0.3) is 16.0 Å². The molecule has 4 aromatic rings. The van der Waals surface area contributed by atoms with Crippen molar-refractivity contribution >= 4 is 50.8 Å². The molecule has 34 heavy (non-hydrogen) atoms. The topological polar surface area (TPSA) is 112 Å². The summed E-state index contributed by atoms with van der Waals surface area (Å²) in [6.45, 7) is 10.5. The smallest absolute Gasteiger partial charge is 0.259 e. The van der Waals surface area contributed by atoms with Crippen LogP contribution in [0.5, 0.6) is 0 Å². The molecule has 12 heteroatoms. The molecular weight excluding hydrogens is 472 g/mol. The molecular formula is C22H26N8O2S2. The standard InChI is InChI=1S/C22H26N8O2S2/c1-12-9-17(30-22(25-12)23-11-24-30)28-5-7-29(8-6-28)21(32)15(4)33-10-16-26-19(31)18-13(2)14(3)34-20(18)27-16/h9,11,15H,5-8,10H2,1-4H3,(H,26,27,31)/t15-/m0/s1. The third-order valence-electron chi connectivity index (χ3n) is 6.18. The third kappa shape index (κ3) is 4.16. The van der Waals surface area contributed by atoms with Crippen molar-refractivity contribution in [2.24, 2.45) is 0 Å². The normalized spacial score (nSPS) is 15.4. The van der Waals surface area contributed by atoms with Crippen LogP contribution in [0.15, 0.2) is 17.2 Å². The molecule has 1 aliphatic rings. The van der Waals surface area contributed by atoms with Crippen LogP contribution in [0.2, 0.25) is 0 Å². The number of rotatable bonds is 5. The molecule has 0 radical (unpaired) electrons. The number of carbonyl (C=O) groups is 1. The lowest BCUT2D eigenvalue weighted by molar-refractivity contribution is -0.130. The highest BCUT2D eigenvalue weighted by Gasteiger charge is 2.27. The van der Waals surface area contributed by atoms with Crippen LogP contribution in [-0.2, 0) is 10.5 Å². The van der Waals surface area contributed by atoms with Crippen molar-refractivity contribution in [1.82, 2.24) is 34.4 Å². The van der Waals surface area contributed by atoms with E-state index in [2.05, 4.69) is 29.9 Å². The Labute approximate surface area is 204 Å². The highest BCUT2D eigenvalue weighted by Crippen LogP contribution is 2.27. The van der Waals surface area contributed by atoms with E-state index in [1.165, 1.54) is 29.4 Å². The van der Waals surface area contributed by atoms with Crippen LogP contribution < -0.4 is 10.5 Å². The molecule has 0 spiro atoms. The van der Waals surface area contributed by atoms with E-state index < -0.39 is 0 Å². The van der Waals surface area contributed by atoms with E-state index in [1.54, 1.807) is 4.52 Å². The third-order valence-corrected chi connectivity index (χ3v) is 8.43. The molecule has 1 saturated heterocycles. The van der Waals surface area contributed by atoms with Crippen LogP contribution in [0.1, 0.15) is 28.9 Å². The number of thioether (sulfide) groups is 1. The average molecular weight is 499 g/mol. The number of nitrogens with zero attached hydrogens (tertiary/aromatic N) is 7. The van der Waals surface area contributed by atoms with E-state index in [1.807, 2.05) is 38.7 Å². The molecule has 0 aromatic carbocycles. The van der Waals surface area contributed by atoms with Gasteiger partial charge in [-0.3, -0.25) is 9.59 Å². The molecule has 4 aromatic heterocycles. The van der Waals surface area contributed by atoms with Gasteiger partial charge in [-0.05, 0) is 33.3 Å². The number of fused-ring (bicyclic) bond motifs is 2. The minimum atomic E-state index is -0.232. The monoisotopic (exact) mass is 498 g/mol. The predicted octanol–water partition coefficient (Wildman–Crippen LogP) is 2.32. The first-order chi connectivity index (χ1) is 16.3. The minimum Gasteiger partial charge on any atom is -0.353 e. The van der Waals surface area contributed by atoms with Crippen LogP contribution in [0, 0.1) is 20.8 Å². The summed E-state index contributed by atoms with van der Waals surface area (Å²) in [5, 5.41) is 4.73. The average Bonchev–Trinajstić information content (AvgIpc) is 3.40. The molecule has 5 heterocycles. The molecule has 1 fully saturated rings. The zero-order valence-corrected chi connectivity index (χ0v) is 21.2. The number of H-pyrrole nitrogens is 1. The van der Waals surface area contributed by atoms with Crippen molar-refractivity contribution in [3.05, 3.63) is 44.7 Å². The van der Waals surface area contributed by atoms with E-state index in [-0.39, 0.29) is 16.7 Å². The van der Waals surface area contributed by atoms with E-state index in [0.29, 0.717) is 48.9 Å². The summed E-state index contributed by atoms with van der Waals surface area (Å²) in [5.41, 5.74) is 1.77. The zero-order chi connectivity index (χ0) is 24.0. The van der Waals surface area contributed by atoms with Crippen LogP contribution in [0.4, 0.5) is 5.82 Å². The highest BCUT2D eigenvalue weighted by molar-refractivity contribution is 7.99. The molecule has 10 nitrogen and oxygen atoms in total. The predicted molar refractivity (Wildman–Crippen MR) is 135 cm³/mol. The Morgan fingerprint density at radius 1 is 1.21 bits per heavy atom. The van der Waals surface area contributed by atoms with Crippen molar-refractivity contribution in [2.75, 3.05) is 31.1 Å². The number of hydrogen-bond acceptors (Lipinski definition) is 9. The first kappa shape index (κ1) is 22.8. The Morgan fingerprint density at radius 2 is 1.97 bits per heavy atom. The van der Waals surface area contributed by atoms with E-state index in [9.17, 15) is 9.59 Å². The summed E-state index contributed by atoms with van der Waals surface area (Å²) >= 11 is 3.03. The second kappa shape index (κ2) is 8.99. The van der Waals surface area contributed by atoms with Gasteiger partial charge in [0.05, 0.1) is 16.4 Å². The lowest BCUT2D eigenvalue weighted by Gasteiger charge is -2.36. The molecule has 1 amide bonds. The van der Waals surface area contributed by atoms with Crippen molar-refractivity contribution in [2.45, 2.75) is 38.7 Å². The maximum absolute atomic E-state index is 13.1. The summed E-state index contributed by atoms with van der Waals surface area (Å²) in [6, 6.07) is 2.00. The van der Waals surface area contributed by atoms with Crippen molar-refractivity contribution in [1.29, 1.82) is 0 Å². The van der Waals surface area contributed by atoms with Gasteiger partial charge >= 0.3 is 0 Å². The molecule has 0 unspecified atom stereocenters. The lowest BCUT2D eigenvalue weighted by atomic mass is 10.2. The highest BCUT2D eigenvalue weighted by atomic mass is 32.2. The summed E-state index contributed by atoms with van der Waals surface area (Å²) in [4.78, 5) is 47.7. The van der Waals surface area contributed by atoms with Crippen molar-refractivity contribution in [3.63, 3.8) is 0 Å². The van der Waals surface area contributed by atoms with Gasteiger partial charge in [0, 0.05) is 42.8 Å². The number of aryl methyl sites for hydroxylation is 3. The van der Waals surface area contributed by atoms with Gasteiger partial charge in [0.15, 0.2) is 0 Å². The van der Waals surface area contributed by atoms with Gasteiger partial charge in [-0.1, -0.05) is 0 Å². The van der Waals surface area contributed by atoms with Crippen LogP contribution in [-0.4, -0.2) is 71.8 Å². The summed E-state index contributed by atoms with van der Waals surface area (Å²) in [5.74, 6) is 2.72. The number of piperazine rings is 1. The number of aromatic amines is 1. The van der Waals surface area contributed by atoms with Crippen molar-refractivity contribution < 1.29 is 4.79 Å². The minimum absolute atomic E-state index is 0.104. The molecule has 1 atom stereocenters. The fraction of sp³-hybridized carbons (Fsp3) is 0.455. The molecule has 0 saturated carbocycles. The van der Waals surface area contributed by atoms with Gasteiger partial charge < -0.3 is 14.8 Å². The Balaban J connectivity index is 1.21. The fourth-order valence-electron chi connectivity index (χ4n) is 4.19. The van der Waals surface area contributed by atoms with Crippen molar-refractivity contribution in [3.8, 4) is 0 Å². The Morgan fingerprint density at radius 3 is 2.74 bits per heavy atom. The van der Waals surface area contributed by atoms with Gasteiger partial charge in [0.1, 0.15) is 22.8 Å². The Bertz CT molecular complexity index is 1430. The maximum atomic E-state index is 13.1. The first-order valence-electron chi connectivity index (χ1n) is 11.1. The lowest BCUT2D eigenvalue weighted by Crippen LogP contribution is -2.51. The van der Waals surface area contributed by atoms with E-state index in [4.69, 9.17) is 0 Å². The second-order valence-electron chi connectivity index (χ2n) is 8.47. The molecule has 1 aliphatic heterocycles. The SMILES string of the molecule is Cc1cc(N2CCN(C(=O)[C@H](C)SCc3nc4sc(C)c(C)c4c(=O)[nH]3)CC2)n2ncnc2n1. The number of thiophene rings is 1. The Kier molecular flexibility index (Phi) is 6.02. The maximum Gasteiger partial charge on any atom is 0.259 e. The van der Waals surface area contributed by atoms with Crippen LogP contribution >= 0.6 is 23.1 Å². The van der Waals surface area contributed by atoms with Gasteiger partial charge in [0.2, 0.25) is 5.91 Å².